The van der Waals surface area contributed by atoms with Crippen molar-refractivity contribution in [1.29, 1.82) is 0 Å². The van der Waals surface area contributed by atoms with Gasteiger partial charge in [0.2, 0.25) is 5.95 Å². The van der Waals surface area contributed by atoms with E-state index in [1.54, 1.807) is 18.9 Å². The van der Waals surface area contributed by atoms with E-state index in [0.29, 0.717) is 18.5 Å². The van der Waals surface area contributed by atoms with Crippen molar-refractivity contribution >= 4 is 35.5 Å². The first-order valence-corrected chi connectivity index (χ1v) is 9.92. The number of hydrogen-bond acceptors (Lipinski definition) is 8. The minimum Gasteiger partial charge on any atom is -0.464 e. The zero-order valence-electron chi connectivity index (χ0n) is 17.5. The van der Waals surface area contributed by atoms with Crippen LogP contribution in [-0.2, 0) is 16.0 Å². The quantitative estimate of drug-likeness (QED) is 0.402. The molecule has 31 heavy (non-hydrogen) atoms. The fourth-order valence-electron chi connectivity index (χ4n) is 3.17. The van der Waals surface area contributed by atoms with Gasteiger partial charge in [-0.25, -0.2) is 4.79 Å². The Morgan fingerprint density at radius 2 is 1.77 bits per heavy atom. The molecule has 3 N–H and O–H groups in total. The number of nitrogens with two attached hydrogens (primary N) is 1. The van der Waals surface area contributed by atoms with E-state index in [1.807, 2.05) is 60.7 Å². The maximum atomic E-state index is 12.6. The van der Waals surface area contributed by atoms with Crippen molar-refractivity contribution in [2.75, 3.05) is 29.6 Å². The first-order valence-electron chi connectivity index (χ1n) is 9.92. The molecule has 3 aromatic rings. The summed E-state index contributed by atoms with van der Waals surface area (Å²) in [5, 5.41) is 3.06. The summed E-state index contributed by atoms with van der Waals surface area (Å²) in [6.07, 6.45) is 1.01. The predicted octanol–water partition coefficient (Wildman–Crippen LogP) is 3.23. The number of nitrogens with zero attached hydrogens (tertiary/aromatic N) is 3. The van der Waals surface area contributed by atoms with E-state index in [1.165, 1.54) is 0 Å². The number of nitrogen functional groups attached to an aromatic ring is 1. The topological polar surface area (TPSA) is 110 Å². The Balaban J connectivity index is 1.98. The minimum atomic E-state index is -0.759. The van der Waals surface area contributed by atoms with Gasteiger partial charge < -0.3 is 20.7 Å². The van der Waals surface area contributed by atoms with Crippen LogP contribution in [0.15, 0.2) is 60.7 Å². The molecule has 1 aromatic heterocycles. The number of hydrogen-bond donors (Lipinski definition) is 2. The Morgan fingerprint density at radius 3 is 2.39 bits per heavy atom. The second-order valence-electron chi connectivity index (χ2n) is 6.82. The van der Waals surface area contributed by atoms with Crippen molar-refractivity contribution in [3.8, 4) is 0 Å². The third-order valence-electron chi connectivity index (χ3n) is 4.69. The molecule has 0 aliphatic rings. The molecule has 3 rings (SSSR count). The smallest absolute Gasteiger partial charge is 0.328 e. The second-order valence-corrected chi connectivity index (χ2v) is 6.82. The van der Waals surface area contributed by atoms with Gasteiger partial charge in [-0.3, -0.25) is 4.79 Å². The number of benzene rings is 2. The van der Waals surface area contributed by atoms with Gasteiger partial charge in [-0.05, 0) is 24.6 Å². The Hall–Kier alpha value is -3.94. The molecule has 0 radical (unpaired) electrons. The van der Waals surface area contributed by atoms with Crippen LogP contribution < -0.4 is 16.0 Å². The Morgan fingerprint density at radius 1 is 1.13 bits per heavy atom. The van der Waals surface area contributed by atoms with Gasteiger partial charge in [0.25, 0.3) is 0 Å². The average molecular weight is 419 g/mol. The van der Waals surface area contributed by atoms with Crippen LogP contribution in [0.1, 0.15) is 22.8 Å². The SMILES string of the molecule is CCOC(=O)[C@H](Cc1ccccc1)Nc1nc(N)nc(N(C)c2ccccc2)c1C=O. The average Bonchev–Trinajstić information content (AvgIpc) is 2.79. The Bertz CT molecular complexity index is 1030. The summed E-state index contributed by atoms with van der Waals surface area (Å²) in [6, 6.07) is 18.2. The molecular weight excluding hydrogens is 394 g/mol. The van der Waals surface area contributed by atoms with Crippen LogP contribution in [0.5, 0.6) is 0 Å². The summed E-state index contributed by atoms with van der Waals surface area (Å²) in [5.74, 6) is 0.0411. The molecule has 0 saturated carbocycles. The van der Waals surface area contributed by atoms with Gasteiger partial charge in [-0.15, -0.1) is 0 Å². The normalized spacial score (nSPS) is 11.4. The lowest BCUT2D eigenvalue weighted by Gasteiger charge is -2.23. The largest absolute Gasteiger partial charge is 0.464 e. The molecule has 0 amide bonds. The monoisotopic (exact) mass is 419 g/mol. The number of carbonyl (C=O) groups is 2. The second kappa shape index (κ2) is 10.2. The summed E-state index contributed by atoms with van der Waals surface area (Å²) in [5.41, 5.74) is 7.89. The van der Waals surface area contributed by atoms with Crippen molar-refractivity contribution in [2.24, 2.45) is 0 Å². The molecule has 8 nitrogen and oxygen atoms in total. The van der Waals surface area contributed by atoms with E-state index >= 15 is 0 Å². The van der Waals surface area contributed by atoms with Gasteiger partial charge in [0.1, 0.15) is 11.9 Å². The highest BCUT2D eigenvalue weighted by molar-refractivity contribution is 5.93. The third kappa shape index (κ3) is 5.36. The van der Waals surface area contributed by atoms with E-state index in [2.05, 4.69) is 15.3 Å². The van der Waals surface area contributed by atoms with Gasteiger partial charge >= 0.3 is 5.97 Å². The maximum absolute atomic E-state index is 12.6. The molecular formula is C23H25N5O3. The fraction of sp³-hybridized carbons (Fsp3) is 0.217. The lowest BCUT2D eigenvalue weighted by atomic mass is 10.1. The number of aldehydes is 1. The zero-order chi connectivity index (χ0) is 22.2. The molecule has 0 aliphatic heterocycles. The molecule has 1 heterocycles. The highest BCUT2D eigenvalue weighted by atomic mass is 16.5. The zero-order valence-corrected chi connectivity index (χ0v) is 17.5. The third-order valence-corrected chi connectivity index (χ3v) is 4.69. The van der Waals surface area contributed by atoms with Crippen LogP contribution in [0.25, 0.3) is 0 Å². The highest BCUT2D eigenvalue weighted by Gasteiger charge is 2.25. The maximum Gasteiger partial charge on any atom is 0.328 e. The molecule has 0 saturated heterocycles. The van der Waals surface area contributed by atoms with E-state index in [4.69, 9.17) is 10.5 Å². The van der Waals surface area contributed by atoms with Crippen LogP contribution in [0, 0.1) is 0 Å². The molecule has 1 atom stereocenters. The van der Waals surface area contributed by atoms with E-state index in [0.717, 1.165) is 11.3 Å². The first kappa shape index (κ1) is 21.8. The number of para-hydroxylation sites is 1. The summed E-state index contributed by atoms with van der Waals surface area (Å²) >= 11 is 0. The summed E-state index contributed by atoms with van der Waals surface area (Å²) in [7, 11) is 1.78. The molecule has 0 fully saturated rings. The van der Waals surface area contributed by atoms with Crippen LogP contribution >= 0.6 is 0 Å². The molecule has 0 aliphatic carbocycles. The lowest BCUT2D eigenvalue weighted by Crippen LogP contribution is -2.34. The predicted molar refractivity (Wildman–Crippen MR) is 121 cm³/mol. The minimum absolute atomic E-state index is 0.0202. The van der Waals surface area contributed by atoms with Crippen LogP contribution in [-0.4, -0.2) is 41.9 Å². The summed E-state index contributed by atoms with van der Waals surface area (Å²) in [4.78, 5) is 34.8. The lowest BCUT2D eigenvalue weighted by molar-refractivity contribution is -0.144. The van der Waals surface area contributed by atoms with Gasteiger partial charge in [-0.1, -0.05) is 48.5 Å². The first-order chi connectivity index (χ1) is 15.0. The van der Waals surface area contributed by atoms with Crippen LogP contribution in [0.3, 0.4) is 0 Å². The summed E-state index contributed by atoms with van der Waals surface area (Å²) < 4.78 is 5.22. The number of anilines is 4. The Labute approximate surface area is 181 Å². The number of rotatable bonds is 9. The highest BCUT2D eigenvalue weighted by Crippen LogP contribution is 2.29. The number of ether oxygens (including phenoxy) is 1. The standard InChI is InChI=1S/C23H25N5O3/c1-3-31-22(30)19(14-16-10-6-4-7-11-16)25-20-18(15-29)21(27-23(24)26-20)28(2)17-12-8-5-9-13-17/h4-13,15,19H,3,14H2,1-2H3,(H3,24,25,26,27)/t19-/m0/s1. The van der Waals surface area contributed by atoms with E-state index in [9.17, 15) is 9.59 Å². The summed E-state index contributed by atoms with van der Waals surface area (Å²) in [6.45, 7) is 1.98. The Kier molecular flexibility index (Phi) is 7.16. The van der Waals surface area contributed by atoms with Crippen LogP contribution in [0.4, 0.5) is 23.3 Å². The molecule has 160 valence electrons. The van der Waals surface area contributed by atoms with Crippen molar-refractivity contribution in [1.82, 2.24) is 9.97 Å². The molecule has 8 heteroatoms. The van der Waals surface area contributed by atoms with Crippen molar-refractivity contribution in [3.63, 3.8) is 0 Å². The molecule has 0 unspecified atom stereocenters. The van der Waals surface area contributed by atoms with Crippen molar-refractivity contribution in [3.05, 3.63) is 71.8 Å². The molecule has 2 aromatic carbocycles. The van der Waals surface area contributed by atoms with Gasteiger partial charge in [0.15, 0.2) is 12.1 Å². The number of esters is 1. The molecule has 0 spiro atoms. The van der Waals surface area contributed by atoms with Crippen molar-refractivity contribution < 1.29 is 14.3 Å². The fourth-order valence-corrected chi connectivity index (χ4v) is 3.17. The van der Waals surface area contributed by atoms with E-state index < -0.39 is 12.0 Å². The number of carbonyl (C=O) groups excluding carboxylic acids is 2. The number of aromatic nitrogens is 2. The molecule has 0 bridgehead atoms. The van der Waals surface area contributed by atoms with E-state index in [-0.39, 0.29) is 23.9 Å². The van der Waals surface area contributed by atoms with Gasteiger partial charge in [-0.2, -0.15) is 9.97 Å². The van der Waals surface area contributed by atoms with Crippen LogP contribution in [0.2, 0.25) is 0 Å². The number of nitrogens with one attached hydrogen (secondary N) is 1. The van der Waals surface area contributed by atoms with Crippen molar-refractivity contribution in [2.45, 2.75) is 19.4 Å². The van der Waals surface area contributed by atoms with Gasteiger partial charge in [0.05, 0.1) is 12.2 Å². The van der Waals surface area contributed by atoms with Gasteiger partial charge in [0, 0.05) is 19.2 Å².